The highest BCUT2D eigenvalue weighted by molar-refractivity contribution is 5.89. The van der Waals surface area contributed by atoms with Crippen molar-refractivity contribution in [1.29, 1.82) is 0 Å². The first-order valence-corrected chi connectivity index (χ1v) is 10.9. The number of nitrogens with zero attached hydrogens (tertiary/aromatic N) is 2. The number of ether oxygens (including phenoxy) is 3. The third-order valence-corrected chi connectivity index (χ3v) is 5.42. The molecule has 0 radical (unpaired) electrons. The van der Waals surface area contributed by atoms with Gasteiger partial charge in [-0.2, -0.15) is 5.10 Å². The second-order valence-electron chi connectivity index (χ2n) is 7.57. The summed E-state index contributed by atoms with van der Waals surface area (Å²) >= 11 is 0. The number of carbonyl (C=O) groups excluding carboxylic acids is 1. The van der Waals surface area contributed by atoms with Gasteiger partial charge in [-0.25, -0.2) is 4.68 Å². The van der Waals surface area contributed by atoms with Crippen molar-refractivity contribution in [2.75, 3.05) is 26.6 Å². The zero-order chi connectivity index (χ0) is 23.9. The maximum absolute atomic E-state index is 12.6. The van der Waals surface area contributed by atoms with Crippen LogP contribution in [-0.2, 0) is 17.8 Å². The molecule has 0 aliphatic heterocycles. The quantitative estimate of drug-likeness (QED) is 0.365. The molecule has 0 aliphatic carbocycles. The number of furan rings is 1. The third kappa shape index (κ3) is 5.23. The molecule has 2 heterocycles. The lowest BCUT2D eigenvalue weighted by molar-refractivity contribution is -0.116. The van der Waals surface area contributed by atoms with Gasteiger partial charge in [0.2, 0.25) is 5.91 Å². The van der Waals surface area contributed by atoms with Gasteiger partial charge in [-0.05, 0) is 42.5 Å². The minimum atomic E-state index is -0.123. The van der Waals surface area contributed by atoms with Crippen molar-refractivity contribution < 1.29 is 23.4 Å². The monoisotopic (exact) mass is 461 g/mol. The van der Waals surface area contributed by atoms with E-state index in [1.54, 1.807) is 38.3 Å². The van der Waals surface area contributed by atoms with Gasteiger partial charge in [-0.3, -0.25) is 4.79 Å². The summed E-state index contributed by atoms with van der Waals surface area (Å²) in [6, 6.07) is 18.9. The van der Waals surface area contributed by atoms with E-state index in [1.807, 2.05) is 54.6 Å². The Labute approximate surface area is 198 Å². The van der Waals surface area contributed by atoms with Crippen LogP contribution in [0.1, 0.15) is 17.7 Å². The zero-order valence-electron chi connectivity index (χ0n) is 19.4. The summed E-state index contributed by atoms with van der Waals surface area (Å²) in [6.07, 6.45) is 2.42. The first-order chi connectivity index (χ1) is 16.6. The summed E-state index contributed by atoms with van der Waals surface area (Å²) in [4.78, 5) is 12.6. The van der Waals surface area contributed by atoms with Crippen LogP contribution in [0, 0.1) is 0 Å². The van der Waals surface area contributed by atoms with Crippen LogP contribution in [0.4, 0.5) is 5.82 Å². The van der Waals surface area contributed by atoms with E-state index in [9.17, 15) is 4.79 Å². The second-order valence-corrected chi connectivity index (χ2v) is 7.57. The number of nitrogens with one attached hydrogen (secondary N) is 1. The molecule has 0 aliphatic rings. The molecule has 34 heavy (non-hydrogen) atoms. The van der Waals surface area contributed by atoms with E-state index in [-0.39, 0.29) is 12.3 Å². The molecule has 8 nitrogen and oxygen atoms in total. The highest BCUT2D eigenvalue weighted by Gasteiger charge is 2.14. The van der Waals surface area contributed by atoms with E-state index in [0.29, 0.717) is 30.3 Å². The van der Waals surface area contributed by atoms with Crippen LogP contribution in [0.5, 0.6) is 17.2 Å². The zero-order valence-corrected chi connectivity index (χ0v) is 19.4. The average molecular weight is 462 g/mol. The minimum Gasteiger partial charge on any atom is -0.497 e. The van der Waals surface area contributed by atoms with Gasteiger partial charge in [0.05, 0.1) is 34.1 Å². The molecular weight excluding hydrogens is 434 g/mol. The number of aryl methyl sites for hydroxylation is 1. The van der Waals surface area contributed by atoms with Gasteiger partial charge in [-0.15, -0.1) is 0 Å². The van der Waals surface area contributed by atoms with E-state index in [1.165, 1.54) is 0 Å². The Hall–Kier alpha value is -4.20. The smallest absolute Gasteiger partial charge is 0.225 e. The maximum Gasteiger partial charge on any atom is 0.225 e. The predicted octanol–water partition coefficient (Wildman–Crippen LogP) is 4.79. The average Bonchev–Trinajstić information content (AvgIpc) is 3.52. The maximum atomic E-state index is 12.6. The molecule has 0 atom stereocenters. The Morgan fingerprint density at radius 2 is 1.79 bits per heavy atom. The Balaban J connectivity index is 1.36. The number of hydrogen-bond acceptors (Lipinski definition) is 6. The predicted molar refractivity (Wildman–Crippen MR) is 129 cm³/mol. The number of amides is 1. The molecule has 0 bridgehead atoms. The molecule has 0 saturated heterocycles. The fourth-order valence-corrected chi connectivity index (χ4v) is 3.67. The van der Waals surface area contributed by atoms with Crippen LogP contribution in [0.2, 0.25) is 0 Å². The van der Waals surface area contributed by atoms with Crippen LogP contribution in [0.15, 0.2) is 71.3 Å². The largest absolute Gasteiger partial charge is 0.497 e. The number of hydrogen-bond donors (Lipinski definition) is 1. The highest BCUT2D eigenvalue weighted by atomic mass is 16.5. The van der Waals surface area contributed by atoms with Gasteiger partial charge in [0.25, 0.3) is 0 Å². The summed E-state index contributed by atoms with van der Waals surface area (Å²) in [7, 11) is 4.83. The molecule has 4 rings (SSSR count). The van der Waals surface area contributed by atoms with Crippen LogP contribution >= 0.6 is 0 Å². The Morgan fingerprint density at radius 1 is 0.971 bits per heavy atom. The SMILES string of the molecule is COc1ccc(-c2ccc(CCC(=O)Nc3ccnn3Cc3cccc(OC)c3OC)o2)cc1. The summed E-state index contributed by atoms with van der Waals surface area (Å²) in [5.74, 6) is 4.05. The number of carbonyl (C=O) groups is 1. The molecule has 2 aromatic carbocycles. The fraction of sp³-hybridized carbons (Fsp3) is 0.231. The number of rotatable bonds is 10. The Kier molecular flexibility index (Phi) is 7.17. The molecule has 8 heteroatoms. The van der Waals surface area contributed by atoms with Gasteiger partial charge in [-0.1, -0.05) is 12.1 Å². The van der Waals surface area contributed by atoms with E-state index < -0.39 is 0 Å². The van der Waals surface area contributed by atoms with Crippen molar-refractivity contribution in [2.45, 2.75) is 19.4 Å². The van der Waals surface area contributed by atoms with Crippen LogP contribution in [0.25, 0.3) is 11.3 Å². The summed E-state index contributed by atoms with van der Waals surface area (Å²) in [6.45, 7) is 0.423. The number of methoxy groups -OCH3 is 3. The van der Waals surface area contributed by atoms with Crippen LogP contribution < -0.4 is 19.5 Å². The van der Waals surface area contributed by atoms with Gasteiger partial charge in [0.1, 0.15) is 23.1 Å². The van der Waals surface area contributed by atoms with E-state index in [2.05, 4.69) is 10.4 Å². The Bertz CT molecular complexity index is 1240. The minimum absolute atomic E-state index is 0.123. The highest BCUT2D eigenvalue weighted by Crippen LogP contribution is 2.31. The topological polar surface area (TPSA) is 87.8 Å². The molecule has 1 amide bonds. The molecule has 0 unspecified atom stereocenters. The number of anilines is 1. The van der Waals surface area contributed by atoms with Crippen LogP contribution in [-0.4, -0.2) is 37.0 Å². The molecule has 4 aromatic rings. The lowest BCUT2D eigenvalue weighted by atomic mass is 10.2. The van der Waals surface area contributed by atoms with Gasteiger partial charge < -0.3 is 23.9 Å². The van der Waals surface area contributed by atoms with Crippen molar-refractivity contribution in [3.63, 3.8) is 0 Å². The van der Waals surface area contributed by atoms with Gasteiger partial charge >= 0.3 is 0 Å². The lowest BCUT2D eigenvalue weighted by Crippen LogP contribution is -2.16. The molecular formula is C26H27N3O5. The van der Waals surface area contributed by atoms with Crippen LogP contribution in [0.3, 0.4) is 0 Å². The Morgan fingerprint density at radius 3 is 2.53 bits per heavy atom. The molecule has 2 aromatic heterocycles. The van der Waals surface area contributed by atoms with Crippen molar-refractivity contribution in [1.82, 2.24) is 9.78 Å². The summed E-state index contributed by atoms with van der Waals surface area (Å²) < 4.78 is 23.7. The molecule has 176 valence electrons. The molecule has 0 fully saturated rings. The lowest BCUT2D eigenvalue weighted by Gasteiger charge is -2.14. The van der Waals surface area contributed by atoms with E-state index in [4.69, 9.17) is 18.6 Å². The van der Waals surface area contributed by atoms with Crippen molar-refractivity contribution >= 4 is 11.7 Å². The fourth-order valence-electron chi connectivity index (χ4n) is 3.67. The molecule has 1 N–H and O–H groups in total. The number of benzene rings is 2. The van der Waals surface area contributed by atoms with Crippen molar-refractivity contribution in [3.8, 4) is 28.6 Å². The van der Waals surface area contributed by atoms with Crippen molar-refractivity contribution in [3.05, 3.63) is 78.2 Å². The van der Waals surface area contributed by atoms with Gasteiger partial charge in [0.15, 0.2) is 11.5 Å². The number of aromatic nitrogens is 2. The molecule has 0 spiro atoms. The number of para-hydroxylation sites is 1. The van der Waals surface area contributed by atoms with Gasteiger partial charge in [0, 0.05) is 30.0 Å². The normalized spacial score (nSPS) is 10.7. The first-order valence-electron chi connectivity index (χ1n) is 10.9. The third-order valence-electron chi connectivity index (χ3n) is 5.42. The molecule has 0 saturated carbocycles. The van der Waals surface area contributed by atoms with Crippen molar-refractivity contribution in [2.24, 2.45) is 0 Å². The summed E-state index contributed by atoms with van der Waals surface area (Å²) in [5.41, 5.74) is 1.84. The van der Waals surface area contributed by atoms with E-state index in [0.717, 1.165) is 28.4 Å². The second kappa shape index (κ2) is 10.6. The first kappa shape index (κ1) is 23.0. The summed E-state index contributed by atoms with van der Waals surface area (Å²) in [5, 5.41) is 7.27. The van der Waals surface area contributed by atoms with E-state index >= 15 is 0 Å². The standard InChI is InChI=1S/C26H27N3O5/c1-31-20-9-7-18(8-10-20)22-13-11-21(34-22)12-14-25(30)28-24-15-16-27-29(24)17-19-5-4-6-23(32-2)26(19)33-3/h4-11,13,15-16H,12,14,17H2,1-3H3,(H,28,30).